The Morgan fingerprint density at radius 2 is 2.04 bits per heavy atom. The van der Waals surface area contributed by atoms with E-state index in [9.17, 15) is 5.11 Å². The van der Waals surface area contributed by atoms with E-state index in [1.54, 1.807) is 6.33 Å². The van der Waals surface area contributed by atoms with Gasteiger partial charge in [0, 0.05) is 12.2 Å². The first-order valence-electron chi connectivity index (χ1n) is 9.79. The number of hydrogen-bond donors (Lipinski definition) is 2. The van der Waals surface area contributed by atoms with Crippen LogP contribution in [0.3, 0.4) is 0 Å². The van der Waals surface area contributed by atoms with Crippen molar-refractivity contribution in [2.75, 3.05) is 5.32 Å². The lowest BCUT2D eigenvalue weighted by Gasteiger charge is -2.20. The van der Waals surface area contributed by atoms with Crippen molar-refractivity contribution in [3.05, 3.63) is 60.9 Å². The molecule has 2 heterocycles. The van der Waals surface area contributed by atoms with Gasteiger partial charge in [-0.05, 0) is 55.2 Å². The quantitative estimate of drug-likeness (QED) is 0.742. The van der Waals surface area contributed by atoms with Gasteiger partial charge in [-0.3, -0.25) is 0 Å². The van der Waals surface area contributed by atoms with Crippen molar-refractivity contribution in [1.82, 2.24) is 14.5 Å². The molecule has 0 aliphatic heterocycles. The summed E-state index contributed by atoms with van der Waals surface area (Å²) in [5, 5.41) is 14.8. The number of aromatic nitrogens is 3. The molecule has 0 spiro atoms. The molecule has 27 heavy (non-hydrogen) atoms. The molecule has 5 nitrogen and oxygen atoms in total. The predicted octanol–water partition coefficient (Wildman–Crippen LogP) is 3.92. The second kappa shape index (κ2) is 6.34. The second-order valence-corrected chi connectivity index (χ2v) is 8.14. The molecule has 2 N–H and O–H groups in total. The Morgan fingerprint density at radius 3 is 2.85 bits per heavy atom. The third-order valence-electron chi connectivity index (χ3n) is 6.33. The molecule has 1 radical (unpaired) electrons. The van der Waals surface area contributed by atoms with Crippen LogP contribution >= 0.6 is 0 Å². The minimum absolute atomic E-state index is 0.0859. The molecule has 139 valence electrons. The van der Waals surface area contributed by atoms with Crippen LogP contribution in [-0.4, -0.2) is 25.7 Å². The third-order valence-corrected chi connectivity index (χ3v) is 6.33. The summed E-state index contributed by atoms with van der Waals surface area (Å²) in [6, 6.07) is 11.3. The first kappa shape index (κ1) is 16.8. The molecule has 1 fully saturated rings. The Balaban J connectivity index is 1.49. The molecule has 2 aromatic heterocycles. The zero-order chi connectivity index (χ0) is 18.5. The molecule has 1 saturated carbocycles. The van der Waals surface area contributed by atoms with E-state index in [0.29, 0.717) is 5.92 Å². The Morgan fingerprint density at radius 1 is 1.19 bits per heavy atom. The first-order valence-corrected chi connectivity index (χ1v) is 9.79. The van der Waals surface area contributed by atoms with Gasteiger partial charge in [0.25, 0.3) is 0 Å². The van der Waals surface area contributed by atoms with Crippen molar-refractivity contribution in [1.29, 1.82) is 0 Å². The van der Waals surface area contributed by atoms with Gasteiger partial charge < -0.3 is 15.0 Å². The number of benzene rings is 1. The molecule has 0 unspecified atom stereocenters. The first-order chi connectivity index (χ1) is 13.1. The van der Waals surface area contributed by atoms with Gasteiger partial charge in [0.2, 0.25) is 0 Å². The maximum atomic E-state index is 10.1. The SMILES string of the molecule is [CH2][C@H]1C[C@@H](n2ccc3c(N[C@H]4c5ccccc5C[C@H]4C)ncnc32)C[C@@H]1O. The second-order valence-electron chi connectivity index (χ2n) is 8.14. The summed E-state index contributed by atoms with van der Waals surface area (Å²) in [5.41, 5.74) is 3.72. The number of nitrogens with zero attached hydrogens (tertiary/aromatic N) is 3. The standard InChI is InChI=1S/C22H25N4O/c1-13-10-16(11-19(13)27)26-8-7-18-21(23-12-24-22(18)26)25-20-14(2)9-15-5-3-4-6-17(15)20/h3-8,12-14,16,19-20,27H,1,9-11H2,2H3,(H,23,24,25)/t13-,14+,16+,19-,20+/m0/s1. The van der Waals surface area contributed by atoms with Crippen molar-refractivity contribution in [2.24, 2.45) is 11.8 Å². The number of anilines is 1. The maximum absolute atomic E-state index is 10.1. The number of aliphatic hydroxyl groups is 1. The Kier molecular flexibility index (Phi) is 3.93. The van der Waals surface area contributed by atoms with E-state index in [1.165, 1.54) is 11.1 Å². The van der Waals surface area contributed by atoms with Crippen LogP contribution in [0.2, 0.25) is 0 Å². The van der Waals surface area contributed by atoms with Gasteiger partial charge in [-0.15, -0.1) is 0 Å². The normalized spacial score (nSPS) is 30.0. The fourth-order valence-corrected chi connectivity index (χ4v) is 4.84. The number of hydrogen-bond acceptors (Lipinski definition) is 4. The summed E-state index contributed by atoms with van der Waals surface area (Å²) in [4.78, 5) is 9.09. The summed E-state index contributed by atoms with van der Waals surface area (Å²) < 4.78 is 2.18. The van der Waals surface area contributed by atoms with E-state index in [1.807, 2.05) is 0 Å². The van der Waals surface area contributed by atoms with Crippen LogP contribution < -0.4 is 5.32 Å². The van der Waals surface area contributed by atoms with Crippen molar-refractivity contribution < 1.29 is 5.11 Å². The minimum atomic E-state index is -0.331. The number of fused-ring (bicyclic) bond motifs is 2. The van der Waals surface area contributed by atoms with Gasteiger partial charge in [0.15, 0.2) is 0 Å². The van der Waals surface area contributed by atoms with Crippen molar-refractivity contribution in [3.8, 4) is 0 Å². The molecule has 0 amide bonds. The topological polar surface area (TPSA) is 63.0 Å². The van der Waals surface area contributed by atoms with Crippen LogP contribution in [0.4, 0.5) is 5.82 Å². The van der Waals surface area contributed by atoms with Crippen LogP contribution in [-0.2, 0) is 6.42 Å². The largest absolute Gasteiger partial charge is 0.393 e. The third kappa shape index (κ3) is 2.72. The molecule has 2 aliphatic carbocycles. The van der Waals surface area contributed by atoms with Crippen LogP contribution in [0, 0.1) is 18.8 Å². The smallest absolute Gasteiger partial charge is 0.145 e. The molecule has 0 saturated heterocycles. The van der Waals surface area contributed by atoms with Gasteiger partial charge in [-0.1, -0.05) is 31.2 Å². The van der Waals surface area contributed by atoms with Gasteiger partial charge in [0.05, 0.1) is 17.5 Å². The molecule has 0 bridgehead atoms. The van der Waals surface area contributed by atoms with E-state index < -0.39 is 0 Å². The summed E-state index contributed by atoms with van der Waals surface area (Å²) in [5.74, 6) is 1.49. The minimum Gasteiger partial charge on any atom is -0.393 e. The van der Waals surface area contributed by atoms with Gasteiger partial charge in [-0.2, -0.15) is 0 Å². The highest BCUT2D eigenvalue weighted by molar-refractivity contribution is 5.87. The van der Waals surface area contributed by atoms with E-state index in [4.69, 9.17) is 0 Å². The molecule has 5 atom stereocenters. The predicted molar refractivity (Wildman–Crippen MR) is 106 cm³/mol. The lowest BCUT2D eigenvalue weighted by atomic mass is 10.0. The fraction of sp³-hybridized carbons (Fsp3) is 0.409. The van der Waals surface area contributed by atoms with E-state index in [0.717, 1.165) is 36.1 Å². The molecular weight excluding hydrogens is 336 g/mol. The van der Waals surface area contributed by atoms with Crippen LogP contribution in [0.5, 0.6) is 0 Å². The average molecular weight is 361 g/mol. The molecule has 2 aliphatic rings. The highest BCUT2D eigenvalue weighted by Gasteiger charge is 2.33. The van der Waals surface area contributed by atoms with Crippen LogP contribution in [0.25, 0.3) is 11.0 Å². The molecular formula is C22H25N4O. The van der Waals surface area contributed by atoms with E-state index >= 15 is 0 Å². The van der Waals surface area contributed by atoms with E-state index in [-0.39, 0.29) is 24.1 Å². The zero-order valence-corrected chi connectivity index (χ0v) is 15.5. The Labute approximate surface area is 159 Å². The van der Waals surface area contributed by atoms with Crippen molar-refractivity contribution >= 4 is 16.9 Å². The van der Waals surface area contributed by atoms with Crippen LogP contribution in [0.15, 0.2) is 42.9 Å². The summed E-state index contributed by atoms with van der Waals surface area (Å²) in [7, 11) is 0. The Bertz CT molecular complexity index is 971. The Hall–Kier alpha value is -2.40. The summed E-state index contributed by atoms with van der Waals surface area (Å²) in [6.45, 7) is 6.35. The summed E-state index contributed by atoms with van der Waals surface area (Å²) >= 11 is 0. The van der Waals surface area contributed by atoms with E-state index in [2.05, 4.69) is 70.2 Å². The average Bonchev–Trinajstić information content (AvgIpc) is 3.32. The molecule has 3 aromatic rings. The number of nitrogens with one attached hydrogen (secondary N) is 1. The number of rotatable bonds is 3. The number of aliphatic hydroxyl groups excluding tert-OH is 1. The highest BCUT2D eigenvalue weighted by Crippen LogP contribution is 2.40. The zero-order valence-electron chi connectivity index (χ0n) is 15.5. The van der Waals surface area contributed by atoms with Crippen molar-refractivity contribution in [2.45, 2.75) is 44.4 Å². The van der Waals surface area contributed by atoms with Gasteiger partial charge >= 0.3 is 0 Å². The van der Waals surface area contributed by atoms with Gasteiger partial charge in [0.1, 0.15) is 17.8 Å². The lowest BCUT2D eigenvalue weighted by Crippen LogP contribution is -2.15. The summed E-state index contributed by atoms with van der Waals surface area (Å²) in [6.07, 6.45) is 6.09. The fourth-order valence-electron chi connectivity index (χ4n) is 4.84. The highest BCUT2D eigenvalue weighted by atomic mass is 16.3. The molecule has 1 aromatic carbocycles. The lowest BCUT2D eigenvalue weighted by molar-refractivity contribution is 0.149. The maximum Gasteiger partial charge on any atom is 0.145 e. The monoisotopic (exact) mass is 361 g/mol. The molecule has 5 heteroatoms. The van der Waals surface area contributed by atoms with Gasteiger partial charge in [-0.25, -0.2) is 9.97 Å². The van der Waals surface area contributed by atoms with Crippen molar-refractivity contribution in [3.63, 3.8) is 0 Å². The molecule has 5 rings (SSSR count). The van der Waals surface area contributed by atoms with Crippen LogP contribution in [0.1, 0.15) is 43.0 Å².